The molecule has 0 unspecified atom stereocenters. The van der Waals surface area contributed by atoms with E-state index >= 15 is 4.39 Å². The molecule has 2 aromatic carbocycles. The second-order valence-corrected chi connectivity index (χ2v) is 11.3. The van der Waals surface area contributed by atoms with Crippen LogP contribution in [0.1, 0.15) is 31.7 Å². The van der Waals surface area contributed by atoms with E-state index in [1.54, 1.807) is 6.92 Å². The fourth-order valence-corrected chi connectivity index (χ4v) is 7.41. The first-order valence-electron chi connectivity index (χ1n) is 11.0. The van der Waals surface area contributed by atoms with Gasteiger partial charge < -0.3 is 14.4 Å². The number of rotatable bonds is 6. The Kier molecular flexibility index (Phi) is 6.67. The van der Waals surface area contributed by atoms with Crippen LogP contribution in [0.25, 0.3) is 0 Å². The molecule has 4 rings (SSSR count). The predicted octanol–water partition coefficient (Wildman–Crippen LogP) is 3.67. The zero-order valence-electron chi connectivity index (χ0n) is 19.1. The van der Waals surface area contributed by atoms with Gasteiger partial charge in [-0.15, -0.1) is 0 Å². The highest BCUT2D eigenvalue weighted by molar-refractivity contribution is 7.92. The van der Waals surface area contributed by atoms with Crippen molar-refractivity contribution in [2.45, 2.75) is 41.4 Å². The molecule has 0 N–H and O–H groups in total. The molecule has 2 aliphatic rings. The Morgan fingerprint density at radius 3 is 2.49 bits per heavy atom. The van der Waals surface area contributed by atoms with Gasteiger partial charge in [-0.1, -0.05) is 11.6 Å². The Bertz CT molecular complexity index is 1290. The molecular weight excluding hydrogens is 504 g/mol. The largest absolute Gasteiger partial charge is 0.487 e. The number of amides is 1. The molecule has 1 aliphatic carbocycles. The molecule has 11 heteroatoms. The maximum Gasteiger partial charge on any atom is 0.248 e. The van der Waals surface area contributed by atoms with Gasteiger partial charge in [0.05, 0.1) is 10.5 Å². The number of nitrogens with zero attached hydrogens (tertiary/aromatic N) is 1. The number of ketones is 1. The van der Waals surface area contributed by atoms with Crippen molar-refractivity contribution in [2.24, 2.45) is 0 Å². The van der Waals surface area contributed by atoms with Gasteiger partial charge in [-0.3, -0.25) is 9.59 Å². The lowest BCUT2D eigenvalue weighted by Crippen LogP contribution is -2.67. The molecule has 1 amide bonds. The molecule has 2 atom stereocenters. The highest BCUT2D eigenvalue weighted by Crippen LogP contribution is 2.59. The third-order valence-corrected chi connectivity index (χ3v) is 9.68. The maximum absolute atomic E-state index is 15.5. The van der Waals surface area contributed by atoms with Gasteiger partial charge in [0.15, 0.2) is 21.4 Å². The van der Waals surface area contributed by atoms with E-state index in [1.165, 1.54) is 36.2 Å². The fourth-order valence-electron chi connectivity index (χ4n) is 4.88. The van der Waals surface area contributed by atoms with Gasteiger partial charge in [-0.05, 0) is 49.7 Å². The molecule has 0 aromatic heterocycles. The molecule has 188 valence electrons. The maximum atomic E-state index is 15.5. The van der Waals surface area contributed by atoms with Crippen LogP contribution in [0.2, 0.25) is 5.02 Å². The van der Waals surface area contributed by atoms with Crippen molar-refractivity contribution in [3.05, 3.63) is 58.6 Å². The van der Waals surface area contributed by atoms with Gasteiger partial charge in [0.1, 0.15) is 35.2 Å². The standard InChI is InChI=1S/C24H24ClF2NO6S/c1-3-28(2)20(30)13-34-23-12-16(29)10-11-24(23,35(31,32)17-6-4-15(25)5-7-17)21-18(26)8-9-19(27)22(21)33-14-23/h4-9H,3,10-14H2,1-2H3/t23-,24+/m0/s1. The van der Waals surface area contributed by atoms with E-state index in [9.17, 15) is 22.4 Å². The van der Waals surface area contributed by atoms with E-state index in [2.05, 4.69) is 0 Å². The number of halogens is 3. The number of benzene rings is 2. The van der Waals surface area contributed by atoms with Crippen LogP contribution in [0.5, 0.6) is 5.75 Å². The number of Topliss-reactive ketones (excluding diaryl/α,β-unsaturated/α-hetero) is 1. The van der Waals surface area contributed by atoms with Crippen LogP contribution in [0, 0.1) is 11.6 Å². The summed E-state index contributed by atoms with van der Waals surface area (Å²) in [4.78, 5) is 26.4. The van der Waals surface area contributed by atoms with Crippen molar-refractivity contribution in [2.75, 3.05) is 26.8 Å². The van der Waals surface area contributed by atoms with Gasteiger partial charge in [0, 0.05) is 31.5 Å². The Labute approximate surface area is 206 Å². The minimum atomic E-state index is -4.56. The summed E-state index contributed by atoms with van der Waals surface area (Å²) in [6.07, 6.45) is -1.06. The number of carbonyl (C=O) groups is 2. The van der Waals surface area contributed by atoms with Gasteiger partial charge >= 0.3 is 0 Å². The second kappa shape index (κ2) is 9.15. The van der Waals surface area contributed by atoms with Gasteiger partial charge in [-0.2, -0.15) is 0 Å². The lowest BCUT2D eigenvalue weighted by atomic mass is 9.69. The van der Waals surface area contributed by atoms with Gasteiger partial charge in [0.25, 0.3) is 0 Å². The first-order chi connectivity index (χ1) is 16.5. The minimum Gasteiger partial charge on any atom is -0.487 e. The van der Waals surface area contributed by atoms with Crippen LogP contribution >= 0.6 is 11.6 Å². The van der Waals surface area contributed by atoms with E-state index in [4.69, 9.17) is 21.1 Å². The molecule has 1 fully saturated rings. The number of carbonyl (C=O) groups excluding carboxylic acids is 2. The quantitative estimate of drug-likeness (QED) is 0.569. The van der Waals surface area contributed by atoms with Crippen LogP contribution in [-0.4, -0.2) is 57.4 Å². The molecule has 0 saturated heterocycles. The van der Waals surface area contributed by atoms with Crippen molar-refractivity contribution >= 4 is 33.1 Å². The predicted molar refractivity (Wildman–Crippen MR) is 123 cm³/mol. The SMILES string of the molecule is CCN(C)C(=O)CO[C@@]12COc3c(F)ccc(F)c3[C@]1(S(=O)(=O)c1ccc(Cl)cc1)CCC(=O)C2. The molecule has 7 nitrogen and oxygen atoms in total. The molecule has 1 saturated carbocycles. The number of ether oxygens (including phenoxy) is 2. The summed E-state index contributed by atoms with van der Waals surface area (Å²) >= 11 is 5.95. The highest BCUT2D eigenvalue weighted by atomic mass is 35.5. The van der Waals surface area contributed by atoms with Crippen LogP contribution in [-0.2, 0) is 28.9 Å². The first kappa shape index (κ1) is 25.5. The van der Waals surface area contributed by atoms with Gasteiger partial charge in [-0.25, -0.2) is 17.2 Å². The summed E-state index contributed by atoms with van der Waals surface area (Å²) in [6.45, 7) is 0.961. The number of hydrogen-bond donors (Lipinski definition) is 0. The number of likely N-dealkylation sites (N-methyl/N-ethyl adjacent to an activating group) is 1. The zero-order valence-corrected chi connectivity index (χ0v) is 20.7. The van der Waals surface area contributed by atoms with E-state index in [-0.39, 0.29) is 28.5 Å². The lowest BCUT2D eigenvalue weighted by molar-refractivity contribution is -0.165. The van der Waals surface area contributed by atoms with E-state index in [0.717, 1.165) is 12.1 Å². The molecule has 1 heterocycles. The van der Waals surface area contributed by atoms with Crippen LogP contribution < -0.4 is 4.74 Å². The monoisotopic (exact) mass is 527 g/mol. The topological polar surface area (TPSA) is 90.0 Å². The summed E-state index contributed by atoms with van der Waals surface area (Å²) in [5.41, 5.74) is -2.52. The molecule has 1 aliphatic heterocycles. The summed E-state index contributed by atoms with van der Waals surface area (Å²) in [7, 11) is -3.02. The normalized spacial score (nSPS) is 23.7. The Morgan fingerprint density at radius 1 is 1.17 bits per heavy atom. The molecule has 0 bridgehead atoms. The molecule has 0 spiro atoms. The van der Waals surface area contributed by atoms with Crippen molar-refractivity contribution < 1.29 is 36.3 Å². The smallest absolute Gasteiger partial charge is 0.248 e. The third kappa shape index (κ3) is 3.91. The number of sulfone groups is 1. The fraction of sp³-hybridized carbons (Fsp3) is 0.417. The second-order valence-electron chi connectivity index (χ2n) is 8.71. The summed E-state index contributed by atoms with van der Waals surface area (Å²) < 4.78 is 68.3. The lowest BCUT2D eigenvalue weighted by Gasteiger charge is -2.54. The number of hydrogen-bond acceptors (Lipinski definition) is 6. The Balaban J connectivity index is 2.00. The zero-order chi connectivity index (χ0) is 25.6. The van der Waals surface area contributed by atoms with Gasteiger partial charge in [0.2, 0.25) is 5.91 Å². The first-order valence-corrected chi connectivity index (χ1v) is 12.9. The number of fused-ring (bicyclic) bond motifs is 3. The highest BCUT2D eigenvalue weighted by Gasteiger charge is 2.69. The van der Waals surface area contributed by atoms with Crippen molar-refractivity contribution in [1.29, 1.82) is 0 Å². The minimum absolute atomic E-state index is 0.210. The van der Waals surface area contributed by atoms with Crippen LogP contribution in [0.3, 0.4) is 0 Å². The summed E-state index contributed by atoms with van der Waals surface area (Å²) in [6, 6.07) is 6.91. The van der Waals surface area contributed by atoms with Crippen LogP contribution in [0.15, 0.2) is 41.3 Å². The molecular formula is C24H24ClF2NO6S. The van der Waals surface area contributed by atoms with E-state index < -0.39 is 68.7 Å². The van der Waals surface area contributed by atoms with Crippen molar-refractivity contribution in [3.8, 4) is 5.75 Å². The summed E-state index contributed by atoms with van der Waals surface area (Å²) in [5.74, 6) is -3.32. The van der Waals surface area contributed by atoms with Crippen molar-refractivity contribution in [1.82, 2.24) is 4.90 Å². The average Bonchev–Trinajstić information content (AvgIpc) is 2.83. The van der Waals surface area contributed by atoms with Crippen molar-refractivity contribution in [3.63, 3.8) is 0 Å². The summed E-state index contributed by atoms with van der Waals surface area (Å²) in [5, 5.41) is 0.278. The molecule has 0 radical (unpaired) electrons. The molecule has 2 aromatic rings. The average molecular weight is 528 g/mol. The van der Waals surface area contributed by atoms with E-state index in [1.807, 2.05) is 0 Å². The van der Waals surface area contributed by atoms with E-state index in [0.29, 0.717) is 6.54 Å². The third-order valence-electron chi connectivity index (χ3n) is 6.84. The van der Waals surface area contributed by atoms with Crippen LogP contribution in [0.4, 0.5) is 8.78 Å². The Hall–Kier alpha value is -2.56. The Morgan fingerprint density at radius 2 is 1.83 bits per heavy atom. The molecule has 35 heavy (non-hydrogen) atoms.